The number of hydrogen-bond acceptors (Lipinski definition) is 4. The molecular formula is C22H20BrClN4O3. The molecule has 160 valence electrons. The summed E-state index contributed by atoms with van der Waals surface area (Å²) in [6.07, 6.45) is 3.86. The second kappa shape index (κ2) is 7.93. The first-order valence-corrected chi connectivity index (χ1v) is 11.3. The monoisotopic (exact) mass is 502 g/mol. The van der Waals surface area contributed by atoms with Crippen LogP contribution in [0.2, 0.25) is 5.02 Å². The van der Waals surface area contributed by atoms with E-state index in [2.05, 4.69) is 20.9 Å². The summed E-state index contributed by atoms with van der Waals surface area (Å²) in [6, 6.07) is 10.3. The molecule has 3 atom stereocenters. The fourth-order valence-electron chi connectivity index (χ4n) is 4.62. The molecule has 0 spiro atoms. The largest absolute Gasteiger partial charge is 0.378 e. The highest BCUT2D eigenvalue weighted by molar-refractivity contribution is 9.10. The van der Waals surface area contributed by atoms with Gasteiger partial charge in [-0.3, -0.25) is 9.59 Å². The Morgan fingerprint density at radius 2 is 1.87 bits per heavy atom. The fourth-order valence-corrected chi connectivity index (χ4v) is 5.18. The van der Waals surface area contributed by atoms with E-state index >= 15 is 0 Å². The molecule has 0 saturated carbocycles. The average Bonchev–Trinajstić information content (AvgIpc) is 3.29. The van der Waals surface area contributed by atoms with Crippen LogP contribution in [0.3, 0.4) is 0 Å². The maximum Gasteiger partial charge on any atom is 0.274 e. The molecule has 4 heterocycles. The molecule has 2 unspecified atom stereocenters. The summed E-state index contributed by atoms with van der Waals surface area (Å²) >= 11 is 9.59. The number of pyridine rings is 1. The van der Waals surface area contributed by atoms with Crippen LogP contribution in [-0.4, -0.2) is 61.3 Å². The zero-order chi connectivity index (χ0) is 21.7. The van der Waals surface area contributed by atoms with Gasteiger partial charge in [-0.1, -0.05) is 45.7 Å². The van der Waals surface area contributed by atoms with E-state index in [-0.39, 0.29) is 23.9 Å². The normalized spacial score (nSPS) is 21.5. The maximum absolute atomic E-state index is 13.1. The number of aliphatic hydroxyl groups excluding tert-OH is 1. The molecule has 2 amide bonds. The Morgan fingerprint density at radius 1 is 1.16 bits per heavy atom. The van der Waals surface area contributed by atoms with Gasteiger partial charge in [0.25, 0.3) is 11.8 Å². The Labute approximate surface area is 192 Å². The molecule has 2 aliphatic heterocycles. The van der Waals surface area contributed by atoms with Gasteiger partial charge in [0.15, 0.2) is 6.10 Å². The van der Waals surface area contributed by atoms with E-state index in [1.54, 1.807) is 40.3 Å². The number of piperazine rings is 1. The van der Waals surface area contributed by atoms with Gasteiger partial charge in [-0.25, -0.2) is 4.98 Å². The molecular weight excluding hydrogens is 484 g/mol. The number of hydrogen-bond donors (Lipinski definition) is 1. The number of imidazole rings is 1. The molecule has 1 N–H and O–H groups in total. The average molecular weight is 504 g/mol. The standard InChI is InChI=1S/C22H20BrClN4O3/c23-13-7-8-26-12-18(25-19(26)9-13)21(30)27-10-14-5-6-15(11-27)28(14)22(31)20(29)16-3-1-2-4-17(16)24/h1-4,7-9,12,14-15,20,29H,5-6,10-11H2/t14?,15?,20-/m0/s1. The van der Waals surface area contributed by atoms with E-state index in [4.69, 9.17) is 11.6 Å². The van der Waals surface area contributed by atoms with Gasteiger partial charge in [0.05, 0.1) is 0 Å². The first-order valence-electron chi connectivity index (χ1n) is 10.1. The van der Waals surface area contributed by atoms with Gasteiger partial charge in [0.2, 0.25) is 0 Å². The highest BCUT2D eigenvalue weighted by atomic mass is 79.9. The molecule has 7 nitrogen and oxygen atoms in total. The summed E-state index contributed by atoms with van der Waals surface area (Å²) in [5.74, 6) is -0.499. The lowest BCUT2D eigenvalue weighted by atomic mass is 10.1. The van der Waals surface area contributed by atoms with E-state index in [0.29, 0.717) is 35.0 Å². The summed E-state index contributed by atoms with van der Waals surface area (Å²) in [7, 11) is 0. The van der Waals surface area contributed by atoms with Crippen molar-refractivity contribution in [1.29, 1.82) is 0 Å². The van der Waals surface area contributed by atoms with Crippen molar-refractivity contribution >= 4 is 45.0 Å². The third-order valence-corrected chi connectivity index (χ3v) is 6.94. The zero-order valence-electron chi connectivity index (χ0n) is 16.5. The van der Waals surface area contributed by atoms with Crippen LogP contribution in [0.5, 0.6) is 0 Å². The van der Waals surface area contributed by atoms with Crippen molar-refractivity contribution in [3.05, 3.63) is 69.5 Å². The predicted molar refractivity (Wildman–Crippen MR) is 119 cm³/mol. The van der Waals surface area contributed by atoms with E-state index in [1.807, 2.05) is 22.7 Å². The van der Waals surface area contributed by atoms with Crippen LogP contribution in [0.15, 0.2) is 53.3 Å². The molecule has 1 aromatic carbocycles. The van der Waals surface area contributed by atoms with Crippen molar-refractivity contribution in [3.63, 3.8) is 0 Å². The van der Waals surface area contributed by atoms with Gasteiger partial charge in [-0.2, -0.15) is 0 Å². The molecule has 0 radical (unpaired) electrons. The van der Waals surface area contributed by atoms with Gasteiger partial charge in [-0.05, 0) is 31.0 Å². The minimum absolute atomic E-state index is 0.126. The molecule has 2 fully saturated rings. The minimum Gasteiger partial charge on any atom is -0.378 e. The number of carbonyl (C=O) groups excluding carboxylic acids is 2. The smallest absolute Gasteiger partial charge is 0.274 e. The third kappa shape index (κ3) is 3.62. The van der Waals surface area contributed by atoms with Crippen molar-refractivity contribution in [1.82, 2.24) is 19.2 Å². The molecule has 31 heavy (non-hydrogen) atoms. The highest BCUT2D eigenvalue weighted by Gasteiger charge is 2.46. The van der Waals surface area contributed by atoms with Gasteiger partial charge in [0.1, 0.15) is 11.3 Å². The zero-order valence-corrected chi connectivity index (χ0v) is 18.8. The number of amides is 2. The lowest BCUT2D eigenvalue weighted by Crippen LogP contribution is -2.58. The van der Waals surface area contributed by atoms with Gasteiger partial charge in [0, 0.05) is 52.6 Å². The number of likely N-dealkylation sites (tertiary alicyclic amines) is 1. The number of rotatable bonds is 3. The summed E-state index contributed by atoms with van der Waals surface area (Å²) in [5, 5.41) is 11.0. The predicted octanol–water partition coefficient (Wildman–Crippen LogP) is 3.30. The fraction of sp³-hybridized carbons (Fsp3) is 0.318. The van der Waals surface area contributed by atoms with Crippen LogP contribution in [0.4, 0.5) is 0 Å². The molecule has 2 aromatic heterocycles. The number of aliphatic hydroxyl groups is 1. The van der Waals surface area contributed by atoms with E-state index in [9.17, 15) is 14.7 Å². The topological polar surface area (TPSA) is 78.2 Å². The Bertz CT molecular complexity index is 1170. The Hall–Kier alpha value is -2.42. The van der Waals surface area contributed by atoms with Crippen molar-refractivity contribution < 1.29 is 14.7 Å². The Balaban J connectivity index is 1.34. The molecule has 0 aliphatic carbocycles. The summed E-state index contributed by atoms with van der Waals surface area (Å²) in [6.45, 7) is 0.849. The van der Waals surface area contributed by atoms with Crippen LogP contribution in [-0.2, 0) is 4.79 Å². The molecule has 2 bridgehead atoms. The SMILES string of the molecule is O=C(c1cn2ccc(Br)cc2n1)N1CC2CCC(C1)N2C(=O)[C@@H](O)c1ccccc1Cl. The number of carbonyl (C=O) groups is 2. The van der Waals surface area contributed by atoms with Crippen molar-refractivity contribution in [2.75, 3.05) is 13.1 Å². The van der Waals surface area contributed by atoms with E-state index < -0.39 is 6.10 Å². The second-order valence-corrected chi connectivity index (χ2v) is 9.32. The summed E-state index contributed by atoms with van der Waals surface area (Å²) in [4.78, 5) is 34.2. The van der Waals surface area contributed by atoms with Crippen LogP contribution < -0.4 is 0 Å². The van der Waals surface area contributed by atoms with Crippen LogP contribution in [0, 0.1) is 0 Å². The van der Waals surface area contributed by atoms with Crippen LogP contribution in [0.1, 0.15) is 35.0 Å². The first-order chi connectivity index (χ1) is 14.9. The molecule has 2 saturated heterocycles. The van der Waals surface area contributed by atoms with Crippen LogP contribution in [0.25, 0.3) is 5.65 Å². The van der Waals surface area contributed by atoms with Gasteiger partial charge >= 0.3 is 0 Å². The number of benzene rings is 1. The van der Waals surface area contributed by atoms with Crippen molar-refractivity contribution in [2.45, 2.75) is 31.0 Å². The maximum atomic E-state index is 13.1. The highest BCUT2D eigenvalue weighted by Crippen LogP contribution is 2.34. The summed E-state index contributed by atoms with van der Waals surface area (Å²) in [5.41, 5.74) is 1.48. The molecule has 2 aliphatic rings. The second-order valence-electron chi connectivity index (χ2n) is 8.00. The van der Waals surface area contributed by atoms with Crippen molar-refractivity contribution in [3.8, 4) is 0 Å². The number of aromatic nitrogens is 2. The Morgan fingerprint density at radius 3 is 2.58 bits per heavy atom. The summed E-state index contributed by atoms with van der Waals surface area (Å²) < 4.78 is 2.71. The van der Waals surface area contributed by atoms with Gasteiger partial charge < -0.3 is 19.3 Å². The first kappa shape index (κ1) is 20.5. The van der Waals surface area contributed by atoms with Crippen molar-refractivity contribution in [2.24, 2.45) is 0 Å². The molecule has 5 rings (SSSR count). The quantitative estimate of drug-likeness (QED) is 0.595. The number of nitrogens with zero attached hydrogens (tertiary/aromatic N) is 4. The molecule has 9 heteroatoms. The van der Waals surface area contributed by atoms with Gasteiger partial charge in [-0.15, -0.1) is 0 Å². The lowest BCUT2D eigenvalue weighted by molar-refractivity contribution is -0.146. The van der Waals surface area contributed by atoms with E-state index in [1.165, 1.54) is 0 Å². The third-order valence-electron chi connectivity index (χ3n) is 6.10. The number of halogens is 2. The Kier molecular flexibility index (Phi) is 5.24. The number of fused-ring (bicyclic) bond motifs is 3. The lowest BCUT2D eigenvalue weighted by Gasteiger charge is -2.41. The minimum atomic E-state index is -1.31. The van der Waals surface area contributed by atoms with E-state index in [0.717, 1.165) is 17.3 Å². The van der Waals surface area contributed by atoms with Crippen LogP contribution >= 0.6 is 27.5 Å². The molecule has 3 aromatic rings.